The lowest BCUT2D eigenvalue weighted by atomic mass is 10.1. The summed E-state index contributed by atoms with van der Waals surface area (Å²) in [6, 6.07) is 9.29. The summed E-state index contributed by atoms with van der Waals surface area (Å²) in [5.41, 5.74) is 6.99. The molecule has 0 bridgehead atoms. The lowest BCUT2D eigenvalue weighted by Gasteiger charge is -2.14. The molecule has 5 nitrogen and oxygen atoms in total. The van der Waals surface area contributed by atoms with Crippen molar-refractivity contribution in [1.82, 2.24) is 4.98 Å². The number of carbonyl (C=O) groups is 1. The SMILES string of the molecule is COC(CN)C(=O)Nc1cccc2ncccc12. The molecule has 0 saturated heterocycles. The Labute approximate surface area is 105 Å². The number of hydrogen-bond acceptors (Lipinski definition) is 4. The van der Waals surface area contributed by atoms with Crippen molar-refractivity contribution >= 4 is 22.5 Å². The maximum Gasteiger partial charge on any atom is 0.254 e. The van der Waals surface area contributed by atoms with Gasteiger partial charge in [-0.1, -0.05) is 6.07 Å². The average molecular weight is 245 g/mol. The van der Waals surface area contributed by atoms with Crippen LogP contribution in [0, 0.1) is 0 Å². The Morgan fingerprint density at radius 3 is 3.00 bits per heavy atom. The molecular formula is C13H15N3O2. The smallest absolute Gasteiger partial charge is 0.254 e. The largest absolute Gasteiger partial charge is 0.370 e. The molecule has 1 unspecified atom stereocenters. The van der Waals surface area contributed by atoms with Crippen molar-refractivity contribution in [2.75, 3.05) is 19.0 Å². The van der Waals surface area contributed by atoms with E-state index in [2.05, 4.69) is 10.3 Å². The van der Waals surface area contributed by atoms with Gasteiger partial charge in [-0.3, -0.25) is 9.78 Å². The molecule has 0 aliphatic heterocycles. The lowest BCUT2D eigenvalue weighted by Crippen LogP contribution is -2.35. The highest BCUT2D eigenvalue weighted by Crippen LogP contribution is 2.21. The number of nitrogens with two attached hydrogens (primary N) is 1. The summed E-state index contributed by atoms with van der Waals surface area (Å²) in [4.78, 5) is 16.1. The zero-order valence-corrected chi connectivity index (χ0v) is 10.1. The fourth-order valence-corrected chi connectivity index (χ4v) is 1.74. The number of pyridine rings is 1. The molecule has 3 N–H and O–H groups in total. The number of fused-ring (bicyclic) bond motifs is 1. The summed E-state index contributed by atoms with van der Waals surface area (Å²) in [6.45, 7) is 0.144. The Balaban J connectivity index is 2.29. The first-order chi connectivity index (χ1) is 8.76. The second kappa shape index (κ2) is 5.57. The van der Waals surface area contributed by atoms with Crippen molar-refractivity contribution in [2.45, 2.75) is 6.10 Å². The van der Waals surface area contributed by atoms with E-state index in [0.29, 0.717) is 5.69 Å². The van der Waals surface area contributed by atoms with Gasteiger partial charge in [-0.2, -0.15) is 0 Å². The van der Waals surface area contributed by atoms with Gasteiger partial charge in [-0.05, 0) is 24.3 Å². The molecule has 1 aromatic carbocycles. The predicted molar refractivity (Wildman–Crippen MR) is 70.2 cm³/mol. The van der Waals surface area contributed by atoms with Gasteiger partial charge >= 0.3 is 0 Å². The topological polar surface area (TPSA) is 77.2 Å². The molecule has 1 heterocycles. The molecule has 0 aliphatic rings. The molecular weight excluding hydrogens is 230 g/mol. The molecule has 0 spiro atoms. The number of amides is 1. The van der Waals surface area contributed by atoms with E-state index in [1.807, 2.05) is 30.3 Å². The van der Waals surface area contributed by atoms with Crippen LogP contribution in [-0.4, -0.2) is 30.6 Å². The average Bonchev–Trinajstić information content (AvgIpc) is 2.40. The summed E-state index contributed by atoms with van der Waals surface area (Å²) in [6.07, 6.45) is 1.07. The molecule has 5 heteroatoms. The first kappa shape index (κ1) is 12.5. The number of anilines is 1. The Kier molecular flexibility index (Phi) is 3.86. The highest BCUT2D eigenvalue weighted by atomic mass is 16.5. The fourth-order valence-electron chi connectivity index (χ4n) is 1.74. The van der Waals surface area contributed by atoms with Crippen LogP contribution in [0.25, 0.3) is 10.9 Å². The van der Waals surface area contributed by atoms with E-state index in [4.69, 9.17) is 10.5 Å². The summed E-state index contributed by atoms with van der Waals surface area (Å²) in [5, 5.41) is 3.69. The van der Waals surface area contributed by atoms with E-state index in [-0.39, 0.29) is 12.5 Å². The van der Waals surface area contributed by atoms with Gasteiger partial charge in [0.15, 0.2) is 0 Å². The van der Waals surface area contributed by atoms with Crippen LogP contribution in [0.4, 0.5) is 5.69 Å². The van der Waals surface area contributed by atoms with E-state index in [1.54, 1.807) is 6.20 Å². The summed E-state index contributed by atoms with van der Waals surface area (Å²) >= 11 is 0. The predicted octanol–water partition coefficient (Wildman–Crippen LogP) is 1.15. The van der Waals surface area contributed by atoms with Crippen LogP contribution < -0.4 is 11.1 Å². The number of aromatic nitrogens is 1. The standard InChI is InChI=1S/C13H15N3O2/c1-18-12(8-14)13(17)16-11-6-2-5-10-9(11)4-3-7-15-10/h2-7,12H,8,14H2,1H3,(H,16,17). The van der Waals surface area contributed by atoms with E-state index < -0.39 is 6.10 Å². The van der Waals surface area contributed by atoms with Gasteiger partial charge in [-0.15, -0.1) is 0 Å². The molecule has 1 atom stereocenters. The minimum Gasteiger partial charge on any atom is -0.370 e. The number of methoxy groups -OCH3 is 1. The number of ether oxygens (including phenoxy) is 1. The zero-order valence-electron chi connectivity index (χ0n) is 10.1. The fraction of sp³-hybridized carbons (Fsp3) is 0.231. The molecule has 1 amide bonds. The maximum atomic E-state index is 11.9. The first-order valence-electron chi connectivity index (χ1n) is 5.63. The van der Waals surface area contributed by atoms with Crippen LogP contribution in [0.15, 0.2) is 36.5 Å². The second-order valence-electron chi connectivity index (χ2n) is 3.82. The Morgan fingerprint density at radius 2 is 2.28 bits per heavy atom. The van der Waals surface area contributed by atoms with Crippen molar-refractivity contribution in [3.63, 3.8) is 0 Å². The molecule has 18 heavy (non-hydrogen) atoms. The Hall–Kier alpha value is -1.98. The molecule has 0 saturated carbocycles. The Morgan fingerprint density at radius 1 is 1.44 bits per heavy atom. The Bertz CT molecular complexity index is 547. The van der Waals surface area contributed by atoms with Crippen molar-refractivity contribution < 1.29 is 9.53 Å². The summed E-state index contributed by atoms with van der Waals surface area (Å²) in [5.74, 6) is -0.253. The molecule has 94 valence electrons. The second-order valence-corrected chi connectivity index (χ2v) is 3.82. The molecule has 0 radical (unpaired) electrons. The molecule has 2 rings (SSSR count). The number of benzene rings is 1. The van der Waals surface area contributed by atoms with Gasteiger partial charge in [-0.25, -0.2) is 0 Å². The van der Waals surface area contributed by atoms with Crippen LogP contribution in [0.3, 0.4) is 0 Å². The van der Waals surface area contributed by atoms with Gasteiger partial charge in [0.2, 0.25) is 0 Å². The van der Waals surface area contributed by atoms with Crippen LogP contribution in [0.5, 0.6) is 0 Å². The molecule has 0 aliphatic carbocycles. The van der Waals surface area contributed by atoms with Crippen LogP contribution in [-0.2, 0) is 9.53 Å². The minimum absolute atomic E-state index is 0.144. The van der Waals surface area contributed by atoms with Gasteiger partial charge in [0.1, 0.15) is 6.10 Å². The maximum absolute atomic E-state index is 11.9. The number of nitrogens with zero attached hydrogens (tertiary/aromatic N) is 1. The van der Waals surface area contributed by atoms with Gasteiger partial charge in [0.25, 0.3) is 5.91 Å². The first-order valence-corrected chi connectivity index (χ1v) is 5.63. The quantitative estimate of drug-likeness (QED) is 0.847. The van der Waals surface area contributed by atoms with Crippen molar-refractivity contribution in [1.29, 1.82) is 0 Å². The number of hydrogen-bond donors (Lipinski definition) is 2. The number of carbonyl (C=O) groups excluding carboxylic acids is 1. The van der Waals surface area contributed by atoms with E-state index >= 15 is 0 Å². The molecule has 2 aromatic rings. The third-order valence-corrected chi connectivity index (χ3v) is 2.69. The highest BCUT2D eigenvalue weighted by Gasteiger charge is 2.16. The summed E-state index contributed by atoms with van der Waals surface area (Å²) < 4.78 is 4.99. The van der Waals surface area contributed by atoms with Gasteiger partial charge in [0, 0.05) is 25.2 Å². The molecule has 0 fully saturated rings. The molecule has 1 aromatic heterocycles. The summed E-state index contributed by atoms with van der Waals surface area (Å²) in [7, 11) is 1.46. The third-order valence-electron chi connectivity index (χ3n) is 2.69. The van der Waals surface area contributed by atoms with Gasteiger partial charge in [0.05, 0.1) is 11.2 Å². The van der Waals surface area contributed by atoms with Crippen LogP contribution >= 0.6 is 0 Å². The monoisotopic (exact) mass is 245 g/mol. The van der Waals surface area contributed by atoms with E-state index in [1.165, 1.54) is 7.11 Å². The lowest BCUT2D eigenvalue weighted by molar-refractivity contribution is -0.125. The number of rotatable bonds is 4. The highest BCUT2D eigenvalue weighted by molar-refractivity contribution is 6.02. The van der Waals surface area contributed by atoms with Crippen molar-refractivity contribution in [3.05, 3.63) is 36.5 Å². The zero-order chi connectivity index (χ0) is 13.0. The van der Waals surface area contributed by atoms with Crippen LogP contribution in [0.1, 0.15) is 0 Å². The van der Waals surface area contributed by atoms with E-state index in [0.717, 1.165) is 10.9 Å². The van der Waals surface area contributed by atoms with E-state index in [9.17, 15) is 4.79 Å². The van der Waals surface area contributed by atoms with Crippen molar-refractivity contribution in [2.24, 2.45) is 5.73 Å². The normalized spacial score (nSPS) is 12.3. The van der Waals surface area contributed by atoms with Crippen molar-refractivity contribution in [3.8, 4) is 0 Å². The van der Waals surface area contributed by atoms with Gasteiger partial charge < -0.3 is 15.8 Å². The number of nitrogens with one attached hydrogen (secondary N) is 1. The minimum atomic E-state index is -0.642. The van der Waals surface area contributed by atoms with Crippen LogP contribution in [0.2, 0.25) is 0 Å². The third kappa shape index (κ3) is 2.47.